The second kappa shape index (κ2) is 8.79. The van der Waals surface area contributed by atoms with Gasteiger partial charge in [0.05, 0.1) is 9.82 Å². The van der Waals surface area contributed by atoms with Gasteiger partial charge in [-0.3, -0.25) is 10.1 Å². The third-order valence-corrected chi connectivity index (χ3v) is 6.95. The number of anilines is 1. The van der Waals surface area contributed by atoms with Crippen molar-refractivity contribution in [3.63, 3.8) is 0 Å². The normalized spacial score (nSPS) is 17.8. The lowest BCUT2D eigenvalue weighted by atomic mass is 10.0. The minimum absolute atomic E-state index is 0.0533. The van der Waals surface area contributed by atoms with Crippen LogP contribution in [0.25, 0.3) is 0 Å². The first-order valence-electron chi connectivity index (χ1n) is 9.58. The first-order valence-corrected chi connectivity index (χ1v) is 11.0. The summed E-state index contributed by atoms with van der Waals surface area (Å²) in [5, 5.41) is 23.9. The fourth-order valence-electron chi connectivity index (χ4n) is 3.49. The highest BCUT2D eigenvalue weighted by molar-refractivity contribution is 7.89. The van der Waals surface area contributed by atoms with Gasteiger partial charge in [0.1, 0.15) is 11.4 Å². The van der Waals surface area contributed by atoms with Gasteiger partial charge in [0.2, 0.25) is 10.0 Å². The van der Waals surface area contributed by atoms with Crippen LogP contribution in [0.15, 0.2) is 47.4 Å². The lowest BCUT2D eigenvalue weighted by Crippen LogP contribution is -2.39. The molecule has 1 unspecified atom stereocenters. The molecule has 1 fully saturated rings. The van der Waals surface area contributed by atoms with Crippen LogP contribution in [-0.4, -0.2) is 42.4 Å². The van der Waals surface area contributed by atoms with E-state index in [-0.39, 0.29) is 27.9 Å². The summed E-state index contributed by atoms with van der Waals surface area (Å²) in [5.74, 6) is 0.451. The summed E-state index contributed by atoms with van der Waals surface area (Å²) in [7, 11) is -3.76. The molecular formula is C20H25N3O5S. The quantitative estimate of drug-likeness (QED) is 0.525. The van der Waals surface area contributed by atoms with Crippen LogP contribution in [0.4, 0.5) is 11.4 Å². The number of rotatable bonds is 7. The molecule has 3 rings (SSSR count). The molecule has 0 radical (unpaired) electrons. The third kappa shape index (κ3) is 5.04. The Morgan fingerprint density at radius 1 is 1.24 bits per heavy atom. The van der Waals surface area contributed by atoms with Crippen molar-refractivity contribution < 1.29 is 18.4 Å². The maximum atomic E-state index is 12.9. The summed E-state index contributed by atoms with van der Waals surface area (Å²) in [5.41, 5.74) is 0.984. The standard InChI is InChI=1S/C20H25N3O5S/c1-15-3-2-12-22(14-15)29(27,28)18-8-9-19(20(13-18)23(25)26)21-11-10-16-4-6-17(24)7-5-16/h4-9,13,15,21,24H,2-3,10-12,14H2,1H3. The summed E-state index contributed by atoms with van der Waals surface area (Å²) < 4.78 is 27.2. The molecule has 0 saturated carbocycles. The monoisotopic (exact) mass is 419 g/mol. The molecule has 1 saturated heterocycles. The first-order chi connectivity index (χ1) is 13.8. The van der Waals surface area contributed by atoms with Crippen molar-refractivity contribution in [1.29, 1.82) is 0 Å². The van der Waals surface area contributed by atoms with E-state index in [1.807, 2.05) is 6.92 Å². The molecule has 0 spiro atoms. The van der Waals surface area contributed by atoms with E-state index < -0.39 is 14.9 Å². The van der Waals surface area contributed by atoms with E-state index in [4.69, 9.17) is 0 Å². The number of phenolic OH excluding ortho intramolecular Hbond substituents is 1. The third-order valence-electron chi connectivity index (χ3n) is 5.09. The van der Waals surface area contributed by atoms with E-state index in [1.54, 1.807) is 24.3 Å². The van der Waals surface area contributed by atoms with E-state index in [1.165, 1.54) is 16.4 Å². The Balaban J connectivity index is 1.76. The van der Waals surface area contributed by atoms with E-state index in [9.17, 15) is 23.6 Å². The highest BCUT2D eigenvalue weighted by Gasteiger charge is 2.30. The van der Waals surface area contributed by atoms with Gasteiger partial charge in [0.15, 0.2) is 0 Å². The summed E-state index contributed by atoms with van der Waals surface area (Å²) >= 11 is 0. The number of sulfonamides is 1. The molecule has 2 aromatic rings. The summed E-state index contributed by atoms with van der Waals surface area (Å²) in [4.78, 5) is 10.9. The summed E-state index contributed by atoms with van der Waals surface area (Å²) in [6.07, 6.45) is 2.37. The van der Waals surface area contributed by atoms with Crippen molar-refractivity contribution in [1.82, 2.24) is 4.31 Å². The molecule has 1 aliphatic rings. The molecule has 0 bridgehead atoms. The summed E-state index contributed by atoms with van der Waals surface area (Å²) in [6, 6.07) is 10.7. The molecule has 1 heterocycles. The Labute approximate surface area is 170 Å². The van der Waals surface area contributed by atoms with Crippen molar-refractivity contribution in [3.8, 4) is 5.75 Å². The number of nitrogens with one attached hydrogen (secondary N) is 1. The number of hydrogen-bond acceptors (Lipinski definition) is 6. The van der Waals surface area contributed by atoms with Gasteiger partial charge in [-0.25, -0.2) is 8.42 Å². The van der Waals surface area contributed by atoms with Crippen molar-refractivity contribution in [2.45, 2.75) is 31.1 Å². The SMILES string of the molecule is CC1CCCN(S(=O)(=O)c2ccc(NCCc3ccc(O)cc3)c([N+](=O)[O-])c2)C1. The molecule has 0 amide bonds. The van der Waals surface area contributed by atoms with Gasteiger partial charge in [0.25, 0.3) is 5.69 Å². The van der Waals surface area contributed by atoms with E-state index >= 15 is 0 Å². The predicted molar refractivity (Wildman–Crippen MR) is 111 cm³/mol. The van der Waals surface area contributed by atoms with Crippen molar-refractivity contribution in [2.24, 2.45) is 5.92 Å². The average molecular weight is 420 g/mol. The fraction of sp³-hybridized carbons (Fsp3) is 0.400. The van der Waals surface area contributed by atoms with E-state index in [2.05, 4.69) is 5.32 Å². The van der Waals surface area contributed by atoms with Crippen LogP contribution < -0.4 is 5.32 Å². The van der Waals surface area contributed by atoms with Crippen LogP contribution in [0.3, 0.4) is 0 Å². The topological polar surface area (TPSA) is 113 Å². The highest BCUT2D eigenvalue weighted by atomic mass is 32.2. The molecule has 9 heteroatoms. The first kappa shape index (κ1) is 21.1. The van der Waals surface area contributed by atoms with Gasteiger partial charge >= 0.3 is 0 Å². The maximum absolute atomic E-state index is 12.9. The zero-order chi connectivity index (χ0) is 21.0. The van der Waals surface area contributed by atoms with Crippen LogP contribution in [0.1, 0.15) is 25.3 Å². The van der Waals surface area contributed by atoms with E-state index in [0.717, 1.165) is 24.5 Å². The van der Waals surface area contributed by atoms with Crippen LogP contribution in [-0.2, 0) is 16.4 Å². The van der Waals surface area contributed by atoms with Gasteiger partial charge in [-0.15, -0.1) is 0 Å². The predicted octanol–water partition coefficient (Wildman–Crippen LogP) is 3.38. The number of nitro benzene ring substituents is 1. The van der Waals surface area contributed by atoms with Crippen molar-refractivity contribution >= 4 is 21.4 Å². The van der Waals surface area contributed by atoms with Gasteiger partial charge < -0.3 is 10.4 Å². The lowest BCUT2D eigenvalue weighted by Gasteiger charge is -2.30. The smallest absolute Gasteiger partial charge is 0.293 e. The van der Waals surface area contributed by atoms with Crippen LogP contribution in [0.2, 0.25) is 0 Å². The van der Waals surface area contributed by atoms with Gasteiger partial charge in [-0.05, 0) is 55.0 Å². The van der Waals surface area contributed by atoms with Gasteiger partial charge in [-0.1, -0.05) is 19.1 Å². The Morgan fingerprint density at radius 3 is 2.62 bits per heavy atom. The molecule has 0 aromatic heterocycles. The number of piperidine rings is 1. The van der Waals surface area contributed by atoms with E-state index in [0.29, 0.717) is 26.1 Å². The lowest BCUT2D eigenvalue weighted by molar-refractivity contribution is -0.384. The minimum atomic E-state index is -3.76. The Bertz CT molecular complexity index is 976. The Morgan fingerprint density at radius 2 is 1.97 bits per heavy atom. The molecule has 2 aromatic carbocycles. The number of phenols is 1. The highest BCUT2D eigenvalue weighted by Crippen LogP contribution is 2.30. The van der Waals surface area contributed by atoms with Crippen LogP contribution in [0, 0.1) is 16.0 Å². The number of nitrogens with zero attached hydrogens (tertiary/aromatic N) is 2. The number of benzene rings is 2. The number of nitro groups is 1. The van der Waals surface area contributed by atoms with Crippen LogP contribution >= 0.6 is 0 Å². The maximum Gasteiger partial charge on any atom is 0.293 e. The zero-order valence-corrected chi connectivity index (χ0v) is 17.1. The summed E-state index contributed by atoms with van der Waals surface area (Å²) in [6.45, 7) is 3.31. The second-order valence-electron chi connectivity index (χ2n) is 7.39. The molecule has 1 atom stereocenters. The Hall–Kier alpha value is -2.65. The van der Waals surface area contributed by atoms with Gasteiger partial charge in [-0.2, -0.15) is 4.31 Å². The number of hydrogen-bond donors (Lipinski definition) is 2. The zero-order valence-electron chi connectivity index (χ0n) is 16.2. The molecule has 29 heavy (non-hydrogen) atoms. The largest absolute Gasteiger partial charge is 0.508 e. The molecule has 156 valence electrons. The average Bonchev–Trinajstić information content (AvgIpc) is 2.69. The molecule has 1 aliphatic heterocycles. The minimum Gasteiger partial charge on any atom is -0.508 e. The molecule has 2 N–H and O–H groups in total. The fourth-order valence-corrected chi connectivity index (χ4v) is 5.11. The van der Waals surface area contributed by atoms with Crippen LogP contribution in [0.5, 0.6) is 5.75 Å². The Kier molecular flexibility index (Phi) is 6.39. The van der Waals surface area contributed by atoms with Gasteiger partial charge in [0, 0.05) is 25.7 Å². The molecular weight excluding hydrogens is 394 g/mol. The van der Waals surface area contributed by atoms with Crippen molar-refractivity contribution in [2.75, 3.05) is 25.0 Å². The molecule has 8 nitrogen and oxygen atoms in total. The van der Waals surface area contributed by atoms with Crippen molar-refractivity contribution in [3.05, 3.63) is 58.1 Å². The number of aromatic hydroxyl groups is 1. The molecule has 0 aliphatic carbocycles. The second-order valence-corrected chi connectivity index (χ2v) is 9.33.